The Labute approximate surface area is 149 Å². The van der Waals surface area contributed by atoms with Crippen molar-refractivity contribution in [1.29, 1.82) is 0 Å². The molecule has 1 aromatic rings. The molecule has 1 aromatic heterocycles. The normalized spacial score (nSPS) is 16.4. The third-order valence-corrected chi connectivity index (χ3v) is 5.41. The minimum Gasteiger partial charge on any atom is -0.466 e. The number of unbranched alkanes of at least 4 members (excludes halogenated alkanes) is 1. The first-order chi connectivity index (χ1) is 11.1. The number of thiophene rings is 1. The molecule has 0 bridgehead atoms. The van der Waals surface area contributed by atoms with E-state index < -0.39 is 0 Å². The zero-order chi connectivity index (χ0) is 16.7. The van der Waals surface area contributed by atoms with E-state index in [4.69, 9.17) is 17.0 Å². The van der Waals surface area contributed by atoms with Crippen molar-refractivity contribution in [2.75, 3.05) is 13.2 Å². The van der Waals surface area contributed by atoms with E-state index in [2.05, 4.69) is 0 Å². The van der Waals surface area contributed by atoms with Crippen LogP contribution in [0.25, 0.3) is 6.08 Å². The molecule has 2 rings (SSSR count). The summed E-state index contributed by atoms with van der Waals surface area (Å²) in [6.45, 7) is 2.97. The van der Waals surface area contributed by atoms with Gasteiger partial charge in [-0.2, -0.15) is 0 Å². The molecule has 23 heavy (non-hydrogen) atoms. The molecule has 1 aliphatic heterocycles. The maximum atomic E-state index is 12.4. The minimum atomic E-state index is -0.210. The van der Waals surface area contributed by atoms with Crippen LogP contribution in [0.3, 0.4) is 0 Å². The van der Waals surface area contributed by atoms with Crippen molar-refractivity contribution in [1.82, 2.24) is 4.90 Å². The van der Waals surface area contributed by atoms with Gasteiger partial charge in [0.05, 0.1) is 11.5 Å². The largest absolute Gasteiger partial charge is 0.466 e. The molecule has 124 valence electrons. The van der Waals surface area contributed by atoms with Gasteiger partial charge in [0.1, 0.15) is 4.32 Å². The molecule has 1 fully saturated rings. The predicted octanol–water partition coefficient (Wildman–Crippen LogP) is 4.07. The molecular weight excluding hydrogens is 350 g/mol. The van der Waals surface area contributed by atoms with Gasteiger partial charge in [-0.1, -0.05) is 43.4 Å². The van der Waals surface area contributed by atoms with Crippen molar-refractivity contribution in [3.05, 3.63) is 27.3 Å². The maximum absolute atomic E-state index is 12.4. The number of thiocarbonyl (C=S) groups is 1. The Morgan fingerprint density at radius 1 is 1.43 bits per heavy atom. The van der Waals surface area contributed by atoms with Crippen LogP contribution in [0, 0.1) is 0 Å². The van der Waals surface area contributed by atoms with Crippen LogP contribution in [-0.2, 0) is 14.3 Å². The highest BCUT2D eigenvalue weighted by Gasteiger charge is 2.31. The molecule has 7 heteroatoms. The van der Waals surface area contributed by atoms with E-state index in [1.807, 2.05) is 30.5 Å². The first kappa shape index (κ1) is 18.2. The second-order valence-electron chi connectivity index (χ2n) is 5.03. The van der Waals surface area contributed by atoms with Crippen LogP contribution >= 0.6 is 35.3 Å². The van der Waals surface area contributed by atoms with Crippen LogP contribution in [0.1, 0.15) is 37.5 Å². The topological polar surface area (TPSA) is 46.6 Å². The van der Waals surface area contributed by atoms with Crippen molar-refractivity contribution in [3.8, 4) is 0 Å². The summed E-state index contributed by atoms with van der Waals surface area (Å²) in [5, 5.41) is 1.97. The second-order valence-corrected chi connectivity index (χ2v) is 7.68. The third-order valence-electron chi connectivity index (χ3n) is 3.21. The number of rotatable bonds is 8. The van der Waals surface area contributed by atoms with E-state index in [0.717, 1.165) is 17.7 Å². The molecule has 0 N–H and O–H groups in total. The minimum absolute atomic E-state index is 0.0762. The van der Waals surface area contributed by atoms with Gasteiger partial charge in [-0.25, -0.2) is 0 Å². The fourth-order valence-electron chi connectivity index (χ4n) is 1.98. The zero-order valence-corrected chi connectivity index (χ0v) is 15.4. The molecule has 0 spiro atoms. The Morgan fingerprint density at radius 3 is 2.96 bits per heavy atom. The molecule has 1 aliphatic rings. The average Bonchev–Trinajstić information content (AvgIpc) is 3.11. The summed E-state index contributed by atoms with van der Waals surface area (Å²) in [5.74, 6) is -0.286. The fraction of sp³-hybridized carbons (Fsp3) is 0.438. The molecular formula is C16H19NO3S3. The number of hydrogen-bond acceptors (Lipinski definition) is 6. The molecule has 2 heterocycles. The van der Waals surface area contributed by atoms with Crippen LogP contribution < -0.4 is 0 Å². The summed E-state index contributed by atoms with van der Waals surface area (Å²) >= 11 is 8.17. The SMILES string of the molecule is CCCCOC(=O)CCCN1C(=O)/C(=C\c2cccs2)SC1=S. The van der Waals surface area contributed by atoms with Gasteiger partial charge in [-0.15, -0.1) is 11.3 Å². The maximum Gasteiger partial charge on any atom is 0.305 e. The van der Waals surface area contributed by atoms with E-state index in [9.17, 15) is 9.59 Å². The van der Waals surface area contributed by atoms with Gasteiger partial charge >= 0.3 is 5.97 Å². The lowest BCUT2D eigenvalue weighted by Crippen LogP contribution is -2.29. The summed E-state index contributed by atoms with van der Waals surface area (Å²) in [6, 6.07) is 3.91. The lowest BCUT2D eigenvalue weighted by atomic mass is 10.3. The van der Waals surface area contributed by atoms with E-state index in [1.165, 1.54) is 11.8 Å². The molecule has 0 saturated carbocycles. The molecule has 0 radical (unpaired) electrons. The van der Waals surface area contributed by atoms with E-state index >= 15 is 0 Å². The summed E-state index contributed by atoms with van der Waals surface area (Å²) in [7, 11) is 0. The van der Waals surface area contributed by atoms with Gasteiger partial charge in [0.2, 0.25) is 0 Å². The molecule has 0 aliphatic carbocycles. The van der Waals surface area contributed by atoms with Crippen molar-refractivity contribution in [3.63, 3.8) is 0 Å². The number of nitrogens with zero attached hydrogens (tertiary/aromatic N) is 1. The van der Waals surface area contributed by atoms with Crippen LogP contribution in [0.5, 0.6) is 0 Å². The highest BCUT2D eigenvalue weighted by molar-refractivity contribution is 8.26. The third kappa shape index (κ3) is 5.44. The Kier molecular flexibility index (Phi) is 7.26. The number of amides is 1. The Morgan fingerprint density at radius 2 is 2.26 bits per heavy atom. The van der Waals surface area contributed by atoms with E-state index in [-0.39, 0.29) is 11.9 Å². The van der Waals surface area contributed by atoms with Crippen molar-refractivity contribution in [2.24, 2.45) is 0 Å². The van der Waals surface area contributed by atoms with Crippen molar-refractivity contribution in [2.45, 2.75) is 32.6 Å². The Hall–Kier alpha value is -1.18. The summed E-state index contributed by atoms with van der Waals surface area (Å²) in [6.07, 6.45) is 4.62. The quantitative estimate of drug-likeness (QED) is 0.299. The van der Waals surface area contributed by atoms with Crippen LogP contribution in [0.4, 0.5) is 0 Å². The van der Waals surface area contributed by atoms with Gasteiger partial charge in [0, 0.05) is 17.8 Å². The smallest absolute Gasteiger partial charge is 0.305 e. The molecule has 0 aromatic carbocycles. The molecule has 4 nitrogen and oxygen atoms in total. The van der Waals surface area contributed by atoms with E-state index in [1.54, 1.807) is 16.2 Å². The summed E-state index contributed by atoms with van der Waals surface area (Å²) in [5.41, 5.74) is 0. The average molecular weight is 370 g/mol. The number of carbonyl (C=O) groups excluding carboxylic acids is 2. The highest BCUT2D eigenvalue weighted by atomic mass is 32.2. The van der Waals surface area contributed by atoms with Crippen molar-refractivity contribution >= 4 is 57.6 Å². The van der Waals surface area contributed by atoms with Gasteiger partial charge in [0.25, 0.3) is 5.91 Å². The number of hydrogen-bond donors (Lipinski definition) is 0. The van der Waals surface area contributed by atoms with Crippen LogP contribution in [-0.4, -0.2) is 34.2 Å². The first-order valence-electron chi connectivity index (χ1n) is 7.56. The van der Waals surface area contributed by atoms with Crippen LogP contribution in [0.15, 0.2) is 22.4 Å². The molecule has 1 saturated heterocycles. The summed E-state index contributed by atoms with van der Waals surface area (Å²) in [4.78, 5) is 27.2. The zero-order valence-electron chi connectivity index (χ0n) is 12.9. The van der Waals surface area contributed by atoms with Gasteiger partial charge in [0.15, 0.2) is 0 Å². The van der Waals surface area contributed by atoms with Crippen molar-refractivity contribution < 1.29 is 14.3 Å². The van der Waals surface area contributed by atoms with Gasteiger partial charge in [-0.05, 0) is 30.4 Å². The number of esters is 1. The first-order valence-corrected chi connectivity index (χ1v) is 9.66. The van der Waals surface area contributed by atoms with Crippen LogP contribution in [0.2, 0.25) is 0 Å². The lowest BCUT2D eigenvalue weighted by molar-refractivity contribution is -0.144. The second kappa shape index (κ2) is 9.20. The number of thioether (sulfide) groups is 1. The monoisotopic (exact) mass is 369 g/mol. The predicted molar refractivity (Wildman–Crippen MR) is 99.3 cm³/mol. The number of ether oxygens (including phenoxy) is 1. The molecule has 1 amide bonds. The highest BCUT2D eigenvalue weighted by Crippen LogP contribution is 2.33. The Balaban J connectivity index is 1.81. The van der Waals surface area contributed by atoms with E-state index in [0.29, 0.717) is 35.2 Å². The summed E-state index contributed by atoms with van der Waals surface area (Å²) < 4.78 is 5.65. The van der Waals surface area contributed by atoms with Gasteiger partial charge in [-0.3, -0.25) is 14.5 Å². The van der Waals surface area contributed by atoms with Gasteiger partial charge < -0.3 is 4.74 Å². The Bertz CT molecular complexity index is 596. The molecule has 0 unspecified atom stereocenters. The number of carbonyl (C=O) groups is 2. The standard InChI is InChI=1S/C16H19NO3S3/c1-2-3-9-20-14(18)7-4-8-17-15(19)13(23-16(17)21)11-12-6-5-10-22-12/h5-6,10-11H,2-4,7-9H2,1H3/b13-11+. The lowest BCUT2D eigenvalue weighted by Gasteiger charge is -2.13. The fourth-order valence-corrected chi connectivity index (χ4v) is 4.01. The molecule has 0 atom stereocenters.